The molecular formula is C24H31N3O2. The molecule has 0 unspecified atom stereocenters. The molecule has 0 spiro atoms. The predicted molar refractivity (Wildman–Crippen MR) is 117 cm³/mol. The molecule has 3 amide bonds. The van der Waals surface area contributed by atoms with Crippen molar-refractivity contribution >= 4 is 17.6 Å². The Morgan fingerprint density at radius 3 is 2.28 bits per heavy atom. The molecule has 154 valence electrons. The van der Waals surface area contributed by atoms with Crippen LogP contribution in [0.3, 0.4) is 0 Å². The first-order chi connectivity index (χ1) is 14.2. The Kier molecular flexibility index (Phi) is 7.68. The van der Waals surface area contributed by atoms with Gasteiger partial charge in [0.05, 0.1) is 0 Å². The minimum absolute atomic E-state index is 0.0338. The number of amides is 3. The molecule has 5 heteroatoms. The van der Waals surface area contributed by atoms with Crippen molar-refractivity contribution in [3.63, 3.8) is 0 Å². The maximum Gasteiger partial charge on any atom is 0.321 e. The van der Waals surface area contributed by atoms with Crippen LogP contribution in [0.4, 0.5) is 10.5 Å². The zero-order valence-corrected chi connectivity index (χ0v) is 17.3. The van der Waals surface area contributed by atoms with Crippen molar-refractivity contribution in [1.82, 2.24) is 9.80 Å². The minimum Gasteiger partial charge on any atom is -0.337 e. The van der Waals surface area contributed by atoms with Gasteiger partial charge in [-0.1, -0.05) is 50.1 Å². The summed E-state index contributed by atoms with van der Waals surface area (Å²) in [6.07, 6.45) is 5.53. The van der Waals surface area contributed by atoms with E-state index in [1.165, 1.54) is 24.8 Å². The van der Waals surface area contributed by atoms with Crippen LogP contribution in [0.15, 0.2) is 54.6 Å². The Morgan fingerprint density at radius 2 is 1.55 bits per heavy atom. The van der Waals surface area contributed by atoms with Crippen LogP contribution in [0, 0.1) is 0 Å². The van der Waals surface area contributed by atoms with Crippen molar-refractivity contribution in [1.29, 1.82) is 0 Å². The summed E-state index contributed by atoms with van der Waals surface area (Å²) in [7, 11) is 0. The second-order valence-corrected chi connectivity index (χ2v) is 7.58. The molecule has 3 rings (SSSR count). The van der Waals surface area contributed by atoms with E-state index in [2.05, 4.69) is 24.4 Å². The molecule has 1 heterocycles. The third-order valence-electron chi connectivity index (χ3n) is 5.37. The summed E-state index contributed by atoms with van der Waals surface area (Å²) >= 11 is 0. The summed E-state index contributed by atoms with van der Waals surface area (Å²) < 4.78 is 0. The molecule has 0 aliphatic carbocycles. The number of hydrogen-bond donors (Lipinski definition) is 1. The van der Waals surface area contributed by atoms with E-state index in [1.54, 1.807) is 4.90 Å². The molecule has 0 saturated carbocycles. The standard InChI is InChI=1S/C24H31N3O2/c1-2-3-5-9-20-12-14-22(15-13-20)25-24(29)27-17-8-16-26(18-19-27)23(28)21-10-6-4-7-11-21/h4,6-7,10-15H,2-3,5,8-9,16-19H2,1H3,(H,25,29). The fraction of sp³-hybridized carbons (Fsp3) is 0.417. The van der Waals surface area contributed by atoms with Crippen LogP contribution in [0.25, 0.3) is 0 Å². The molecule has 1 N–H and O–H groups in total. The summed E-state index contributed by atoms with van der Waals surface area (Å²) in [5, 5.41) is 2.99. The van der Waals surface area contributed by atoms with Gasteiger partial charge < -0.3 is 15.1 Å². The van der Waals surface area contributed by atoms with E-state index >= 15 is 0 Å². The lowest BCUT2D eigenvalue weighted by molar-refractivity contribution is 0.0762. The van der Waals surface area contributed by atoms with Crippen LogP contribution in [-0.4, -0.2) is 47.9 Å². The number of unbranched alkanes of at least 4 members (excludes halogenated alkanes) is 2. The topological polar surface area (TPSA) is 52.7 Å². The maximum absolute atomic E-state index is 12.7. The third-order valence-corrected chi connectivity index (χ3v) is 5.37. The number of carbonyl (C=O) groups is 2. The number of nitrogens with one attached hydrogen (secondary N) is 1. The fourth-order valence-electron chi connectivity index (χ4n) is 3.62. The summed E-state index contributed by atoms with van der Waals surface area (Å²) in [6, 6.07) is 17.4. The average molecular weight is 394 g/mol. The van der Waals surface area contributed by atoms with Gasteiger partial charge in [0.1, 0.15) is 0 Å². The minimum atomic E-state index is -0.0993. The molecule has 1 aliphatic rings. The SMILES string of the molecule is CCCCCc1ccc(NC(=O)N2CCCN(C(=O)c3ccccc3)CC2)cc1. The van der Waals surface area contributed by atoms with Gasteiger partial charge in [0.2, 0.25) is 0 Å². The Labute approximate surface area is 173 Å². The van der Waals surface area contributed by atoms with E-state index in [9.17, 15) is 9.59 Å². The van der Waals surface area contributed by atoms with Crippen LogP contribution >= 0.6 is 0 Å². The Morgan fingerprint density at radius 1 is 0.862 bits per heavy atom. The Balaban J connectivity index is 1.51. The number of nitrogens with zero attached hydrogens (tertiary/aromatic N) is 2. The molecule has 2 aromatic rings. The lowest BCUT2D eigenvalue weighted by Crippen LogP contribution is -2.39. The largest absolute Gasteiger partial charge is 0.337 e. The summed E-state index contributed by atoms with van der Waals surface area (Å²) in [5.74, 6) is 0.0338. The maximum atomic E-state index is 12.7. The van der Waals surface area contributed by atoms with E-state index in [0.29, 0.717) is 31.7 Å². The van der Waals surface area contributed by atoms with Gasteiger partial charge >= 0.3 is 6.03 Å². The van der Waals surface area contributed by atoms with E-state index in [1.807, 2.05) is 47.4 Å². The molecule has 1 aliphatic heterocycles. The molecule has 0 radical (unpaired) electrons. The molecule has 29 heavy (non-hydrogen) atoms. The lowest BCUT2D eigenvalue weighted by Gasteiger charge is -2.22. The van der Waals surface area contributed by atoms with E-state index in [4.69, 9.17) is 0 Å². The molecule has 1 saturated heterocycles. The molecule has 0 bridgehead atoms. The smallest absolute Gasteiger partial charge is 0.321 e. The predicted octanol–water partition coefficient (Wildman–Crippen LogP) is 4.80. The zero-order chi connectivity index (χ0) is 20.5. The summed E-state index contributed by atoms with van der Waals surface area (Å²) in [4.78, 5) is 29.0. The first kappa shape index (κ1) is 20.9. The highest BCUT2D eigenvalue weighted by molar-refractivity contribution is 5.94. The zero-order valence-electron chi connectivity index (χ0n) is 17.3. The Bertz CT molecular complexity index is 790. The van der Waals surface area contributed by atoms with Crippen LogP contribution in [0.2, 0.25) is 0 Å². The normalized spacial score (nSPS) is 14.4. The van der Waals surface area contributed by atoms with Crippen molar-refractivity contribution < 1.29 is 9.59 Å². The summed E-state index contributed by atoms with van der Waals surface area (Å²) in [5.41, 5.74) is 2.82. The van der Waals surface area contributed by atoms with Crippen molar-refractivity contribution in [2.24, 2.45) is 0 Å². The van der Waals surface area contributed by atoms with Crippen molar-refractivity contribution in [3.05, 3.63) is 65.7 Å². The fourth-order valence-corrected chi connectivity index (χ4v) is 3.62. The Hall–Kier alpha value is -2.82. The van der Waals surface area contributed by atoms with Gasteiger partial charge in [-0.15, -0.1) is 0 Å². The highest BCUT2D eigenvalue weighted by atomic mass is 16.2. The van der Waals surface area contributed by atoms with E-state index in [0.717, 1.165) is 18.5 Å². The highest BCUT2D eigenvalue weighted by Crippen LogP contribution is 2.14. The van der Waals surface area contributed by atoms with Gasteiger partial charge in [0.25, 0.3) is 5.91 Å². The quantitative estimate of drug-likeness (QED) is 0.717. The number of hydrogen-bond acceptors (Lipinski definition) is 2. The van der Waals surface area contributed by atoms with Crippen LogP contribution in [-0.2, 0) is 6.42 Å². The first-order valence-corrected chi connectivity index (χ1v) is 10.7. The molecule has 5 nitrogen and oxygen atoms in total. The molecule has 2 aromatic carbocycles. The monoisotopic (exact) mass is 393 g/mol. The molecule has 1 fully saturated rings. The van der Waals surface area contributed by atoms with Crippen LogP contribution < -0.4 is 5.32 Å². The van der Waals surface area contributed by atoms with Crippen molar-refractivity contribution in [2.45, 2.75) is 39.0 Å². The van der Waals surface area contributed by atoms with E-state index < -0.39 is 0 Å². The van der Waals surface area contributed by atoms with E-state index in [-0.39, 0.29) is 11.9 Å². The molecule has 0 atom stereocenters. The second-order valence-electron chi connectivity index (χ2n) is 7.58. The number of carbonyl (C=O) groups excluding carboxylic acids is 2. The third kappa shape index (κ3) is 6.08. The lowest BCUT2D eigenvalue weighted by atomic mass is 10.1. The average Bonchev–Trinajstić information content (AvgIpc) is 3.02. The molecule has 0 aromatic heterocycles. The number of aryl methyl sites for hydroxylation is 1. The molecular weight excluding hydrogens is 362 g/mol. The van der Waals surface area contributed by atoms with Crippen LogP contribution in [0.5, 0.6) is 0 Å². The number of anilines is 1. The number of rotatable bonds is 6. The second kappa shape index (κ2) is 10.6. The van der Waals surface area contributed by atoms with Crippen LogP contribution in [0.1, 0.15) is 48.5 Å². The number of benzene rings is 2. The highest BCUT2D eigenvalue weighted by Gasteiger charge is 2.22. The summed E-state index contributed by atoms with van der Waals surface area (Å²) in [6.45, 7) is 4.62. The van der Waals surface area contributed by atoms with Gasteiger partial charge in [-0.05, 0) is 49.1 Å². The number of urea groups is 1. The van der Waals surface area contributed by atoms with Crippen molar-refractivity contribution in [2.75, 3.05) is 31.5 Å². The van der Waals surface area contributed by atoms with Gasteiger partial charge in [0, 0.05) is 37.4 Å². The first-order valence-electron chi connectivity index (χ1n) is 10.7. The van der Waals surface area contributed by atoms with Gasteiger partial charge in [-0.3, -0.25) is 4.79 Å². The van der Waals surface area contributed by atoms with Gasteiger partial charge in [0.15, 0.2) is 0 Å². The van der Waals surface area contributed by atoms with Gasteiger partial charge in [-0.2, -0.15) is 0 Å². The van der Waals surface area contributed by atoms with Gasteiger partial charge in [-0.25, -0.2) is 4.79 Å². The van der Waals surface area contributed by atoms with Crippen molar-refractivity contribution in [3.8, 4) is 0 Å².